The number of anilines is 1. The van der Waals surface area contributed by atoms with Gasteiger partial charge in [-0.2, -0.15) is 0 Å². The molecule has 102 valence electrons. The van der Waals surface area contributed by atoms with E-state index in [9.17, 15) is 4.79 Å². The van der Waals surface area contributed by atoms with Gasteiger partial charge in [-0.3, -0.25) is 0 Å². The van der Waals surface area contributed by atoms with E-state index in [0.717, 1.165) is 31.9 Å². The minimum absolute atomic E-state index is 0.0288. The SMILES string of the molecule is COc1ccccc1NC(=O)N1CC2CNCC2C1. The summed E-state index contributed by atoms with van der Waals surface area (Å²) in [6.45, 7) is 3.75. The predicted octanol–water partition coefficient (Wildman–Crippen LogP) is 1.38. The van der Waals surface area contributed by atoms with Crippen LogP contribution in [0.15, 0.2) is 24.3 Å². The normalized spacial score (nSPS) is 25.2. The Kier molecular flexibility index (Phi) is 3.29. The van der Waals surface area contributed by atoms with Gasteiger partial charge in [-0.1, -0.05) is 12.1 Å². The minimum Gasteiger partial charge on any atom is -0.495 e. The molecule has 1 aromatic carbocycles. The molecular formula is C14H19N3O2. The highest BCUT2D eigenvalue weighted by Gasteiger charge is 2.38. The second-order valence-corrected chi connectivity index (χ2v) is 5.21. The molecule has 2 unspecified atom stereocenters. The summed E-state index contributed by atoms with van der Waals surface area (Å²) in [6, 6.07) is 7.45. The number of urea groups is 1. The highest BCUT2D eigenvalue weighted by atomic mass is 16.5. The van der Waals surface area contributed by atoms with Gasteiger partial charge in [0.2, 0.25) is 0 Å². The highest BCUT2D eigenvalue weighted by Crippen LogP contribution is 2.28. The van der Waals surface area contributed by atoms with Crippen molar-refractivity contribution in [2.45, 2.75) is 0 Å². The maximum absolute atomic E-state index is 12.3. The number of hydrogen-bond acceptors (Lipinski definition) is 3. The van der Waals surface area contributed by atoms with Crippen LogP contribution in [-0.2, 0) is 0 Å². The zero-order valence-corrected chi connectivity index (χ0v) is 11.1. The molecule has 2 N–H and O–H groups in total. The molecule has 1 aromatic rings. The zero-order valence-electron chi connectivity index (χ0n) is 11.1. The fourth-order valence-electron chi connectivity index (χ4n) is 2.96. The summed E-state index contributed by atoms with van der Waals surface area (Å²) in [7, 11) is 1.61. The van der Waals surface area contributed by atoms with E-state index in [4.69, 9.17) is 4.74 Å². The van der Waals surface area contributed by atoms with Crippen LogP contribution in [0.1, 0.15) is 0 Å². The fourth-order valence-corrected chi connectivity index (χ4v) is 2.96. The van der Waals surface area contributed by atoms with Crippen molar-refractivity contribution in [3.8, 4) is 5.75 Å². The first-order chi connectivity index (χ1) is 9.28. The number of carbonyl (C=O) groups is 1. The Hall–Kier alpha value is -1.75. The number of hydrogen-bond donors (Lipinski definition) is 2. The maximum Gasteiger partial charge on any atom is 0.321 e. The van der Waals surface area contributed by atoms with Crippen molar-refractivity contribution >= 4 is 11.7 Å². The van der Waals surface area contributed by atoms with Gasteiger partial charge in [0.25, 0.3) is 0 Å². The van der Waals surface area contributed by atoms with Crippen molar-refractivity contribution in [1.29, 1.82) is 0 Å². The lowest BCUT2D eigenvalue weighted by Crippen LogP contribution is -2.35. The molecule has 2 amide bonds. The molecule has 19 heavy (non-hydrogen) atoms. The minimum atomic E-state index is -0.0288. The van der Waals surface area contributed by atoms with Crippen molar-refractivity contribution in [2.75, 3.05) is 38.6 Å². The van der Waals surface area contributed by atoms with Crippen LogP contribution in [-0.4, -0.2) is 44.2 Å². The molecule has 3 rings (SSSR count). The molecule has 2 aliphatic heterocycles. The van der Waals surface area contributed by atoms with Gasteiger partial charge >= 0.3 is 6.03 Å². The Morgan fingerprint density at radius 3 is 2.68 bits per heavy atom. The fraction of sp³-hybridized carbons (Fsp3) is 0.500. The monoisotopic (exact) mass is 261 g/mol. The number of benzene rings is 1. The Balaban J connectivity index is 1.65. The smallest absolute Gasteiger partial charge is 0.321 e. The summed E-state index contributed by atoms with van der Waals surface area (Å²) < 4.78 is 5.24. The average molecular weight is 261 g/mol. The molecule has 0 bridgehead atoms. The van der Waals surface area contributed by atoms with Crippen molar-refractivity contribution in [3.63, 3.8) is 0 Å². The number of rotatable bonds is 2. The number of amides is 2. The molecule has 0 aliphatic carbocycles. The quantitative estimate of drug-likeness (QED) is 0.845. The molecular weight excluding hydrogens is 242 g/mol. The lowest BCUT2D eigenvalue weighted by atomic mass is 10.0. The molecule has 5 nitrogen and oxygen atoms in total. The standard InChI is InChI=1S/C14H19N3O2/c1-19-13-5-3-2-4-12(13)16-14(18)17-8-10-6-15-7-11(10)9-17/h2-5,10-11,15H,6-9H2,1H3,(H,16,18). The summed E-state index contributed by atoms with van der Waals surface area (Å²) >= 11 is 0. The molecule has 2 saturated heterocycles. The van der Waals surface area contributed by atoms with E-state index in [1.165, 1.54) is 0 Å². The van der Waals surface area contributed by atoms with Gasteiger partial charge in [-0.15, -0.1) is 0 Å². The topological polar surface area (TPSA) is 53.6 Å². The van der Waals surface area contributed by atoms with E-state index in [1.807, 2.05) is 29.2 Å². The first-order valence-corrected chi connectivity index (χ1v) is 6.67. The van der Waals surface area contributed by atoms with Gasteiger partial charge in [0.1, 0.15) is 5.75 Å². The summed E-state index contributed by atoms with van der Waals surface area (Å²) in [6.07, 6.45) is 0. The van der Waals surface area contributed by atoms with Gasteiger partial charge in [0.15, 0.2) is 0 Å². The Labute approximate surface area is 112 Å². The van der Waals surface area contributed by atoms with Crippen molar-refractivity contribution in [3.05, 3.63) is 24.3 Å². The van der Waals surface area contributed by atoms with E-state index in [2.05, 4.69) is 10.6 Å². The van der Waals surface area contributed by atoms with Gasteiger partial charge < -0.3 is 20.3 Å². The molecule has 0 saturated carbocycles. The first-order valence-electron chi connectivity index (χ1n) is 6.67. The third-order valence-corrected chi connectivity index (χ3v) is 4.03. The summed E-state index contributed by atoms with van der Waals surface area (Å²) in [5.74, 6) is 1.92. The van der Waals surface area contributed by atoms with Gasteiger partial charge in [0, 0.05) is 26.2 Å². The highest BCUT2D eigenvalue weighted by molar-refractivity contribution is 5.91. The Morgan fingerprint density at radius 1 is 1.32 bits per heavy atom. The second kappa shape index (κ2) is 5.09. The zero-order chi connectivity index (χ0) is 13.2. The molecule has 0 radical (unpaired) electrons. The summed E-state index contributed by atoms with van der Waals surface area (Å²) in [4.78, 5) is 14.2. The van der Waals surface area contributed by atoms with Crippen LogP contribution in [0.3, 0.4) is 0 Å². The van der Waals surface area contributed by atoms with E-state index >= 15 is 0 Å². The van der Waals surface area contributed by atoms with Crippen molar-refractivity contribution in [2.24, 2.45) is 11.8 Å². The molecule has 0 aromatic heterocycles. The number of nitrogens with one attached hydrogen (secondary N) is 2. The van der Waals surface area contributed by atoms with Crippen molar-refractivity contribution in [1.82, 2.24) is 10.2 Å². The third kappa shape index (κ3) is 2.38. The number of carbonyl (C=O) groups excluding carboxylic acids is 1. The van der Waals surface area contributed by atoms with Crippen LogP contribution in [0.4, 0.5) is 10.5 Å². The maximum atomic E-state index is 12.3. The Morgan fingerprint density at radius 2 is 2.00 bits per heavy atom. The van der Waals surface area contributed by atoms with Crippen LogP contribution < -0.4 is 15.4 Å². The van der Waals surface area contributed by atoms with Gasteiger partial charge in [-0.05, 0) is 24.0 Å². The van der Waals surface area contributed by atoms with Crippen LogP contribution in [0.25, 0.3) is 0 Å². The van der Waals surface area contributed by atoms with E-state index in [1.54, 1.807) is 7.11 Å². The van der Waals surface area contributed by atoms with Gasteiger partial charge in [0.05, 0.1) is 12.8 Å². The second-order valence-electron chi connectivity index (χ2n) is 5.21. The molecule has 5 heteroatoms. The van der Waals surface area contributed by atoms with Crippen molar-refractivity contribution < 1.29 is 9.53 Å². The van der Waals surface area contributed by atoms with Gasteiger partial charge in [-0.25, -0.2) is 4.79 Å². The number of para-hydroxylation sites is 2. The largest absolute Gasteiger partial charge is 0.495 e. The number of fused-ring (bicyclic) bond motifs is 1. The lowest BCUT2D eigenvalue weighted by Gasteiger charge is -2.19. The van der Waals surface area contributed by atoms with E-state index < -0.39 is 0 Å². The first kappa shape index (κ1) is 12.3. The Bertz CT molecular complexity index is 466. The molecule has 2 heterocycles. The summed E-state index contributed by atoms with van der Waals surface area (Å²) in [5, 5.41) is 6.31. The lowest BCUT2D eigenvalue weighted by molar-refractivity contribution is 0.219. The molecule has 0 spiro atoms. The van der Waals surface area contributed by atoms with Crippen LogP contribution in [0, 0.1) is 11.8 Å². The number of likely N-dealkylation sites (tertiary alicyclic amines) is 1. The number of nitrogens with zero attached hydrogens (tertiary/aromatic N) is 1. The van der Waals surface area contributed by atoms with Crippen LogP contribution >= 0.6 is 0 Å². The molecule has 2 fully saturated rings. The number of methoxy groups -OCH3 is 1. The third-order valence-electron chi connectivity index (χ3n) is 4.03. The van der Waals surface area contributed by atoms with Crippen LogP contribution in [0.5, 0.6) is 5.75 Å². The molecule has 2 atom stereocenters. The summed E-state index contributed by atoms with van der Waals surface area (Å²) in [5.41, 5.74) is 0.727. The van der Waals surface area contributed by atoms with Crippen LogP contribution in [0.2, 0.25) is 0 Å². The predicted molar refractivity (Wildman–Crippen MR) is 73.4 cm³/mol. The average Bonchev–Trinajstić information content (AvgIpc) is 3.00. The molecule has 2 aliphatic rings. The number of ether oxygens (including phenoxy) is 1. The van der Waals surface area contributed by atoms with E-state index in [-0.39, 0.29) is 6.03 Å². The van der Waals surface area contributed by atoms with E-state index in [0.29, 0.717) is 17.6 Å².